The first-order valence-corrected chi connectivity index (χ1v) is 7.80. The Morgan fingerprint density at radius 2 is 2.43 bits per heavy atom. The maximum atomic E-state index is 10.2. The fourth-order valence-electron chi connectivity index (χ4n) is 3.54. The number of hydrogen-bond donors (Lipinski definition) is 2. The van der Waals surface area contributed by atoms with Gasteiger partial charge in [-0.25, -0.2) is 9.97 Å². The zero-order valence-corrected chi connectivity index (χ0v) is 12.9. The highest BCUT2D eigenvalue weighted by molar-refractivity contribution is 6.01. The number of nitrogens with zero attached hydrogens (tertiary/aromatic N) is 5. The molecule has 2 N–H and O–H groups in total. The lowest BCUT2D eigenvalue weighted by Gasteiger charge is -2.18. The Bertz CT molecular complexity index is 902. The first kappa shape index (κ1) is 14.2. The van der Waals surface area contributed by atoms with Crippen LogP contribution in [0.4, 0.5) is 0 Å². The Labute approximate surface area is 133 Å². The van der Waals surface area contributed by atoms with Crippen molar-refractivity contribution in [3.05, 3.63) is 24.3 Å². The van der Waals surface area contributed by atoms with Crippen LogP contribution in [0.25, 0.3) is 22.1 Å². The maximum Gasteiger partial charge on any atom is 0.139 e. The van der Waals surface area contributed by atoms with E-state index >= 15 is 0 Å². The number of imidazole rings is 1. The molecule has 4 heterocycles. The lowest BCUT2D eigenvalue weighted by atomic mass is 10.2. The van der Waals surface area contributed by atoms with E-state index < -0.39 is 6.10 Å². The second kappa shape index (κ2) is 5.33. The quantitative estimate of drug-likeness (QED) is 0.719. The number of pyridine rings is 1. The fourth-order valence-corrected chi connectivity index (χ4v) is 3.54. The van der Waals surface area contributed by atoms with Gasteiger partial charge in [0.1, 0.15) is 23.1 Å². The summed E-state index contributed by atoms with van der Waals surface area (Å²) in [6, 6.07) is 4.42. The number of likely N-dealkylation sites (tertiary alicyclic amines) is 1. The molecule has 118 valence electrons. The van der Waals surface area contributed by atoms with E-state index in [9.17, 15) is 5.11 Å². The second-order valence-corrected chi connectivity index (χ2v) is 6.08. The van der Waals surface area contributed by atoms with Gasteiger partial charge in [-0.2, -0.15) is 5.26 Å². The van der Waals surface area contributed by atoms with Crippen molar-refractivity contribution in [2.45, 2.75) is 25.5 Å². The topological polar surface area (TPSA) is 93.8 Å². The van der Waals surface area contributed by atoms with E-state index in [-0.39, 0.29) is 6.04 Å². The van der Waals surface area contributed by atoms with Crippen LogP contribution in [0, 0.1) is 11.3 Å². The SMILES string of the molecule is CC(O)c1nc2cnc3[nH]ccc3c2n1C1CCN(CC#N)C1. The first-order chi connectivity index (χ1) is 11.2. The van der Waals surface area contributed by atoms with Gasteiger partial charge in [0.05, 0.1) is 24.3 Å². The van der Waals surface area contributed by atoms with Gasteiger partial charge in [-0.15, -0.1) is 0 Å². The molecule has 3 aromatic rings. The average Bonchev–Trinajstić information content (AvgIpc) is 3.23. The van der Waals surface area contributed by atoms with Crippen LogP contribution in [0.1, 0.15) is 31.3 Å². The van der Waals surface area contributed by atoms with Gasteiger partial charge >= 0.3 is 0 Å². The molecule has 2 atom stereocenters. The third-order valence-electron chi connectivity index (χ3n) is 4.54. The van der Waals surface area contributed by atoms with Crippen LogP contribution < -0.4 is 0 Å². The lowest BCUT2D eigenvalue weighted by molar-refractivity contribution is 0.181. The summed E-state index contributed by atoms with van der Waals surface area (Å²) in [5.41, 5.74) is 2.63. The summed E-state index contributed by atoms with van der Waals surface area (Å²) < 4.78 is 2.15. The van der Waals surface area contributed by atoms with Crippen molar-refractivity contribution in [1.82, 2.24) is 24.4 Å². The Morgan fingerprint density at radius 1 is 1.57 bits per heavy atom. The first-order valence-electron chi connectivity index (χ1n) is 7.80. The Balaban J connectivity index is 1.91. The molecular weight excluding hydrogens is 292 g/mol. The number of aliphatic hydroxyl groups is 1. The highest BCUT2D eigenvalue weighted by atomic mass is 16.3. The van der Waals surface area contributed by atoms with Crippen LogP contribution in [0.3, 0.4) is 0 Å². The molecule has 23 heavy (non-hydrogen) atoms. The standard InChI is InChI=1S/C16H18N6O/c1-10(23)16-20-13-8-19-15-12(2-5-18-15)14(13)22(16)11-3-6-21(9-11)7-4-17/h2,5,8,10-11,23H,3,6-7,9H2,1H3,(H,18,19). The largest absolute Gasteiger partial charge is 0.385 e. The van der Waals surface area contributed by atoms with E-state index in [1.807, 2.05) is 12.3 Å². The molecule has 0 spiro atoms. The molecule has 7 nitrogen and oxygen atoms in total. The zero-order chi connectivity index (χ0) is 16.0. The Morgan fingerprint density at radius 3 is 3.22 bits per heavy atom. The van der Waals surface area contributed by atoms with Gasteiger partial charge in [-0.3, -0.25) is 4.90 Å². The molecule has 0 radical (unpaired) electrons. The van der Waals surface area contributed by atoms with Crippen LogP contribution in [0.5, 0.6) is 0 Å². The number of aromatic amines is 1. The summed E-state index contributed by atoms with van der Waals surface area (Å²) in [5.74, 6) is 0.666. The minimum atomic E-state index is -0.651. The molecule has 1 aliphatic rings. The highest BCUT2D eigenvalue weighted by Crippen LogP contribution is 2.33. The van der Waals surface area contributed by atoms with Gasteiger partial charge in [-0.1, -0.05) is 0 Å². The van der Waals surface area contributed by atoms with Crippen molar-refractivity contribution in [3.8, 4) is 6.07 Å². The van der Waals surface area contributed by atoms with E-state index in [0.717, 1.165) is 41.6 Å². The van der Waals surface area contributed by atoms with E-state index in [1.54, 1.807) is 13.1 Å². The molecule has 3 aromatic heterocycles. The summed E-state index contributed by atoms with van der Waals surface area (Å²) in [6.45, 7) is 3.86. The molecule has 1 aliphatic heterocycles. The normalized spacial score (nSPS) is 20.3. The molecule has 0 aliphatic carbocycles. The predicted molar refractivity (Wildman–Crippen MR) is 85.7 cm³/mol. The summed E-state index contributed by atoms with van der Waals surface area (Å²) in [6.07, 6.45) is 3.91. The van der Waals surface area contributed by atoms with Gasteiger partial charge in [0.2, 0.25) is 0 Å². The summed E-state index contributed by atoms with van der Waals surface area (Å²) in [5, 5.41) is 20.1. The number of fused-ring (bicyclic) bond motifs is 3. The molecule has 1 fully saturated rings. The highest BCUT2D eigenvalue weighted by Gasteiger charge is 2.29. The Hall–Kier alpha value is -2.43. The van der Waals surface area contributed by atoms with E-state index in [4.69, 9.17) is 5.26 Å². The molecule has 7 heteroatoms. The van der Waals surface area contributed by atoms with Crippen LogP contribution in [-0.4, -0.2) is 49.2 Å². The van der Waals surface area contributed by atoms with E-state index in [2.05, 4.69) is 30.5 Å². The van der Waals surface area contributed by atoms with Gasteiger partial charge in [0.15, 0.2) is 0 Å². The number of rotatable bonds is 3. The number of nitrogens with one attached hydrogen (secondary N) is 1. The van der Waals surface area contributed by atoms with Crippen LogP contribution in [0.2, 0.25) is 0 Å². The molecule has 0 amide bonds. The molecule has 0 bridgehead atoms. The average molecular weight is 310 g/mol. The molecule has 1 saturated heterocycles. The van der Waals surface area contributed by atoms with Crippen molar-refractivity contribution in [1.29, 1.82) is 5.26 Å². The van der Waals surface area contributed by atoms with E-state index in [1.165, 1.54) is 0 Å². The number of aromatic nitrogens is 4. The van der Waals surface area contributed by atoms with Crippen molar-refractivity contribution in [2.24, 2.45) is 0 Å². The third kappa shape index (κ3) is 2.19. The van der Waals surface area contributed by atoms with Crippen molar-refractivity contribution in [2.75, 3.05) is 19.6 Å². The maximum absolute atomic E-state index is 10.2. The number of hydrogen-bond acceptors (Lipinski definition) is 5. The minimum Gasteiger partial charge on any atom is -0.385 e. The van der Waals surface area contributed by atoms with Crippen molar-refractivity contribution < 1.29 is 5.11 Å². The molecule has 0 saturated carbocycles. The lowest BCUT2D eigenvalue weighted by Crippen LogP contribution is -2.22. The summed E-state index contributed by atoms with van der Waals surface area (Å²) >= 11 is 0. The number of nitriles is 1. The number of aliphatic hydroxyl groups excluding tert-OH is 1. The monoisotopic (exact) mass is 310 g/mol. The molecular formula is C16H18N6O. The third-order valence-corrected chi connectivity index (χ3v) is 4.54. The minimum absolute atomic E-state index is 0.207. The zero-order valence-electron chi connectivity index (χ0n) is 12.9. The van der Waals surface area contributed by atoms with Gasteiger partial charge < -0.3 is 14.7 Å². The van der Waals surface area contributed by atoms with Crippen LogP contribution >= 0.6 is 0 Å². The van der Waals surface area contributed by atoms with Gasteiger partial charge in [0.25, 0.3) is 0 Å². The second-order valence-electron chi connectivity index (χ2n) is 6.08. The van der Waals surface area contributed by atoms with Crippen LogP contribution in [0.15, 0.2) is 18.5 Å². The Kier molecular flexibility index (Phi) is 3.29. The summed E-state index contributed by atoms with van der Waals surface area (Å²) in [4.78, 5) is 14.3. The van der Waals surface area contributed by atoms with Gasteiger partial charge in [-0.05, 0) is 19.4 Å². The molecule has 2 unspecified atom stereocenters. The summed E-state index contributed by atoms with van der Waals surface area (Å²) in [7, 11) is 0. The number of H-pyrrole nitrogens is 1. The van der Waals surface area contributed by atoms with Crippen LogP contribution in [-0.2, 0) is 0 Å². The van der Waals surface area contributed by atoms with E-state index in [0.29, 0.717) is 12.4 Å². The van der Waals surface area contributed by atoms with Crippen molar-refractivity contribution in [3.63, 3.8) is 0 Å². The smallest absolute Gasteiger partial charge is 0.139 e. The molecule has 0 aromatic carbocycles. The van der Waals surface area contributed by atoms with Gasteiger partial charge in [0, 0.05) is 30.7 Å². The fraction of sp³-hybridized carbons (Fsp3) is 0.438. The molecule has 4 rings (SSSR count). The van der Waals surface area contributed by atoms with Crippen molar-refractivity contribution >= 4 is 22.1 Å². The predicted octanol–water partition coefficient (Wildman–Crippen LogP) is 1.74.